The summed E-state index contributed by atoms with van der Waals surface area (Å²) >= 11 is 0. The minimum Gasteiger partial charge on any atom is -0.418 e. The van der Waals surface area contributed by atoms with Crippen molar-refractivity contribution in [3.63, 3.8) is 0 Å². The van der Waals surface area contributed by atoms with E-state index in [0.29, 0.717) is 23.9 Å². The van der Waals surface area contributed by atoms with Gasteiger partial charge in [0.15, 0.2) is 0 Å². The Morgan fingerprint density at radius 1 is 1.04 bits per heavy atom. The molecule has 0 N–H and O–H groups in total. The molecule has 4 rings (SSSR count). The van der Waals surface area contributed by atoms with Crippen LogP contribution in [0.1, 0.15) is 48.0 Å². The molecule has 0 bridgehead atoms. The zero-order valence-corrected chi connectivity index (χ0v) is 14.8. The van der Waals surface area contributed by atoms with Gasteiger partial charge in [-0.3, -0.25) is 4.79 Å². The molecule has 1 amide bonds. The van der Waals surface area contributed by atoms with Crippen molar-refractivity contribution >= 4 is 5.91 Å². The molecule has 0 spiro atoms. The SMILES string of the molecule is O=C(c1cccc(F)c1)N1CCCCCC1c1nnc(-c2ccccc2)o1. The first-order valence-electron chi connectivity index (χ1n) is 9.18. The quantitative estimate of drug-likeness (QED) is 0.679. The number of aromatic nitrogens is 2. The number of likely N-dealkylation sites (tertiary alicyclic amines) is 1. The molecule has 0 radical (unpaired) electrons. The highest BCUT2D eigenvalue weighted by Crippen LogP contribution is 2.32. The lowest BCUT2D eigenvalue weighted by Crippen LogP contribution is -2.35. The smallest absolute Gasteiger partial charge is 0.254 e. The first-order chi connectivity index (χ1) is 13.2. The fourth-order valence-corrected chi connectivity index (χ4v) is 3.46. The van der Waals surface area contributed by atoms with Crippen LogP contribution in [0.15, 0.2) is 59.0 Å². The van der Waals surface area contributed by atoms with Crippen LogP contribution in [-0.4, -0.2) is 27.5 Å². The van der Waals surface area contributed by atoms with E-state index in [9.17, 15) is 9.18 Å². The zero-order valence-electron chi connectivity index (χ0n) is 14.8. The zero-order chi connectivity index (χ0) is 18.6. The molecule has 3 aromatic rings. The number of rotatable bonds is 3. The van der Waals surface area contributed by atoms with Crippen molar-refractivity contribution in [3.05, 3.63) is 71.9 Å². The van der Waals surface area contributed by atoms with Gasteiger partial charge in [0.1, 0.15) is 11.9 Å². The largest absolute Gasteiger partial charge is 0.418 e. The minimum absolute atomic E-state index is 0.208. The van der Waals surface area contributed by atoms with Gasteiger partial charge in [-0.05, 0) is 43.2 Å². The second-order valence-corrected chi connectivity index (χ2v) is 6.69. The van der Waals surface area contributed by atoms with Crippen molar-refractivity contribution in [2.75, 3.05) is 6.54 Å². The molecule has 6 heteroatoms. The summed E-state index contributed by atoms with van der Waals surface area (Å²) in [5.41, 5.74) is 1.18. The first kappa shape index (κ1) is 17.4. The van der Waals surface area contributed by atoms with Gasteiger partial charge in [-0.1, -0.05) is 37.1 Å². The number of carbonyl (C=O) groups is 1. The summed E-state index contributed by atoms with van der Waals surface area (Å²) in [6, 6.07) is 15.0. The van der Waals surface area contributed by atoms with E-state index in [4.69, 9.17) is 4.42 Å². The van der Waals surface area contributed by atoms with Gasteiger partial charge < -0.3 is 9.32 Å². The topological polar surface area (TPSA) is 59.2 Å². The van der Waals surface area contributed by atoms with Gasteiger partial charge in [-0.2, -0.15) is 0 Å². The molecular weight excluding hydrogens is 345 g/mol. The normalized spacial score (nSPS) is 17.5. The van der Waals surface area contributed by atoms with Crippen LogP contribution in [0, 0.1) is 5.82 Å². The molecular formula is C21H20FN3O2. The van der Waals surface area contributed by atoms with E-state index in [0.717, 1.165) is 31.2 Å². The van der Waals surface area contributed by atoms with Crippen LogP contribution < -0.4 is 0 Å². The summed E-state index contributed by atoms with van der Waals surface area (Å²) in [6.07, 6.45) is 3.65. The summed E-state index contributed by atoms with van der Waals surface area (Å²) in [7, 11) is 0. The second-order valence-electron chi connectivity index (χ2n) is 6.69. The molecule has 27 heavy (non-hydrogen) atoms. The standard InChI is InChI=1S/C21H20FN3O2/c22-17-11-7-10-16(14-17)21(26)25-13-6-2-5-12-18(25)20-24-23-19(27-20)15-8-3-1-4-9-15/h1,3-4,7-11,14,18H,2,5-6,12-13H2. The number of hydrogen-bond donors (Lipinski definition) is 0. The van der Waals surface area contributed by atoms with E-state index in [2.05, 4.69) is 10.2 Å². The number of halogens is 1. The van der Waals surface area contributed by atoms with E-state index in [-0.39, 0.29) is 11.9 Å². The van der Waals surface area contributed by atoms with Gasteiger partial charge in [-0.15, -0.1) is 10.2 Å². The Hall–Kier alpha value is -3.02. The lowest BCUT2D eigenvalue weighted by molar-refractivity contribution is 0.0652. The number of nitrogens with zero attached hydrogens (tertiary/aromatic N) is 3. The molecule has 0 aliphatic carbocycles. The minimum atomic E-state index is -0.420. The summed E-state index contributed by atoms with van der Waals surface area (Å²) in [5, 5.41) is 8.38. The number of amides is 1. The predicted octanol–water partition coefficient (Wildman–Crippen LogP) is 4.63. The van der Waals surface area contributed by atoms with Crippen LogP contribution in [0.4, 0.5) is 4.39 Å². The van der Waals surface area contributed by atoms with Crippen molar-refractivity contribution in [2.24, 2.45) is 0 Å². The van der Waals surface area contributed by atoms with Crippen molar-refractivity contribution < 1.29 is 13.6 Å². The van der Waals surface area contributed by atoms with Crippen LogP contribution in [0.5, 0.6) is 0 Å². The van der Waals surface area contributed by atoms with Crippen LogP contribution in [0.3, 0.4) is 0 Å². The van der Waals surface area contributed by atoms with Gasteiger partial charge in [0, 0.05) is 17.7 Å². The molecule has 1 atom stereocenters. The van der Waals surface area contributed by atoms with E-state index in [1.54, 1.807) is 17.0 Å². The van der Waals surface area contributed by atoms with Crippen molar-refractivity contribution in [1.82, 2.24) is 15.1 Å². The highest BCUT2D eigenvalue weighted by molar-refractivity contribution is 5.94. The molecule has 1 saturated heterocycles. The highest BCUT2D eigenvalue weighted by Gasteiger charge is 2.31. The summed E-state index contributed by atoms with van der Waals surface area (Å²) in [6.45, 7) is 0.586. The van der Waals surface area contributed by atoms with Crippen LogP contribution in [-0.2, 0) is 0 Å². The lowest BCUT2D eigenvalue weighted by Gasteiger charge is -2.27. The Morgan fingerprint density at radius 3 is 2.70 bits per heavy atom. The predicted molar refractivity (Wildman–Crippen MR) is 98.4 cm³/mol. The maximum atomic E-state index is 13.6. The van der Waals surface area contributed by atoms with Gasteiger partial charge in [-0.25, -0.2) is 4.39 Å². The Kier molecular flexibility index (Phi) is 4.96. The Bertz CT molecular complexity index is 926. The summed E-state index contributed by atoms with van der Waals surface area (Å²) in [4.78, 5) is 14.8. The molecule has 138 valence electrons. The molecule has 1 fully saturated rings. The van der Waals surface area contributed by atoms with E-state index in [1.807, 2.05) is 30.3 Å². The fourth-order valence-electron chi connectivity index (χ4n) is 3.46. The van der Waals surface area contributed by atoms with E-state index < -0.39 is 5.82 Å². The molecule has 5 nitrogen and oxygen atoms in total. The van der Waals surface area contributed by atoms with Gasteiger partial charge in [0.05, 0.1) is 0 Å². The molecule has 2 aromatic carbocycles. The highest BCUT2D eigenvalue weighted by atomic mass is 19.1. The monoisotopic (exact) mass is 365 g/mol. The Labute approximate surface area is 156 Å². The fraction of sp³-hybridized carbons (Fsp3) is 0.286. The van der Waals surface area contributed by atoms with Gasteiger partial charge in [0.2, 0.25) is 11.8 Å². The molecule has 1 aliphatic rings. The van der Waals surface area contributed by atoms with E-state index in [1.165, 1.54) is 12.1 Å². The van der Waals surface area contributed by atoms with Crippen LogP contribution in [0.2, 0.25) is 0 Å². The number of carbonyl (C=O) groups excluding carboxylic acids is 1. The first-order valence-corrected chi connectivity index (χ1v) is 9.18. The molecule has 0 saturated carbocycles. The molecule has 1 aliphatic heterocycles. The lowest BCUT2D eigenvalue weighted by atomic mass is 10.1. The van der Waals surface area contributed by atoms with Crippen LogP contribution in [0.25, 0.3) is 11.5 Å². The van der Waals surface area contributed by atoms with Crippen LogP contribution >= 0.6 is 0 Å². The average Bonchev–Trinajstić information content (AvgIpc) is 3.06. The third kappa shape index (κ3) is 3.74. The molecule has 2 heterocycles. The summed E-state index contributed by atoms with van der Waals surface area (Å²) in [5.74, 6) is 0.241. The third-order valence-corrected chi connectivity index (χ3v) is 4.83. The van der Waals surface area contributed by atoms with Crippen molar-refractivity contribution in [2.45, 2.75) is 31.7 Å². The number of hydrogen-bond acceptors (Lipinski definition) is 4. The van der Waals surface area contributed by atoms with Crippen molar-refractivity contribution in [3.8, 4) is 11.5 Å². The third-order valence-electron chi connectivity index (χ3n) is 4.83. The average molecular weight is 365 g/mol. The maximum Gasteiger partial charge on any atom is 0.254 e. The Balaban J connectivity index is 1.64. The van der Waals surface area contributed by atoms with Crippen molar-refractivity contribution in [1.29, 1.82) is 0 Å². The molecule has 1 unspecified atom stereocenters. The second kappa shape index (κ2) is 7.70. The Morgan fingerprint density at radius 2 is 1.89 bits per heavy atom. The summed E-state index contributed by atoms with van der Waals surface area (Å²) < 4.78 is 19.5. The molecule has 1 aromatic heterocycles. The maximum absolute atomic E-state index is 13.6. The van der Waals surface area contributed by atoms with Gasteiger partial charge in [0.25, 0.3) is 5.91 Å². The van der Waals surface area contributed by atoms with Gasteiger partial charge >= 0.3 is 0 Å². The van der Waals surface area contributed by atoms with E-state index >= 15 is 0 Å². The number of benzene rings is 2.